The van der Waals surface area contributed by atoms with Gasteiger partial charge in [-0.05, 0) is 18.1 Å². The Morgan fingerprint density at radius 2 is 2.12 bits per heavy atom. The molecule has 0 spiro atoms. The molecule has 0 aromatic heterocycles. The van der Waals surface area contributed by atoms with Crippen molar-refractivity contribution in [1.29, 1.82) is 0 Å². The summed E-state index contributed by atoms with van der Waals surface area (Å²) in [6.45, 7) is 2.31. The second-order valence-corrected chi connectivity index (χ2v) is 4.02. The smallest absolute Gasteiger partial charge is 0.449 e. The summed E-state index contributed by atoms with van der Waals surface area (Å²) in [5.74, 6) is 0.527. The molecule has 1 aliphatic heterocycles. The molecule has 0 amide bonds. The fourth-order valence-corrected chi connectivity index (χ4v) is 1.93. The summed E-state index contributed by atoms with van der Waals surface area (Å²) >= 11 is 0. The zero-order chi connectivity index (χ0) is 12.1. The lowest BCUT2D eigenvalue weighted by Crippen LogP contribution is -2.30. The van der Waals surface area contributed by atoms with E-state index in [1.807, 2.05) is 24.3 Å². The van der Waals surface area contributed by atoms with Crippen LogP contribution in [0.4, 0.5) is 4.79 Å². The molecular formula is C13H15NO3. The summed E-state index contributed by atoms with van der Waals surface area (Å²) < 4.78 is 4.70. The number of carboxylic acid groups (broad SMARTS) is 1. The Labute approximate surface area is 100 Å². The van der Waals surface area contributed by atoms with E-state index in [0.717, 1.165) is 19.5 Å². The van der Waals surface area contributed by atoms with E-state index in [1.54, 1.807) is 0 Å². The normalized spacial score (nSPS) is 16.4. The van der Waals surface area contributed by atoms with Crippen molar-refractivity contribution in [2.75, 3.05) is 13.1 Å². The highest BCUT2D eigenvalue weighted by molar-refractivity contribution is 5.58. The largest absolute Gasteiger partial charge is 0.511 e. The number of rotatable bonds is 3. The molecule has 0 saturated carbocycles. The molecule has 1 N–H and O–H groups in total. The molecule has 0 fully saturated rings. The molecule has 0 unspecified atom stereocenters. The van der Waals surface area contributed by atoms with Gasteiger partial charge in [0.05, 0.1) is 6.54 Å². The van der Waals surface area contributed by atoms with Gasteiger partial charge in [0.25, 0.3) is 0 Å². The second kappa shape index (κ2) is 5.50. The maximum Gasteiger partial charge on any atom is 0.511 e. The van der Waals surface area contributed by atoms with Crippen LogP contribution in [0.2, 0.25) is 0 Å². The standard InChI is InChI=1S/C13H15NO3/c15-13(16)17-12-7-4-8-14(10-12)9-11-5-2-1-3-6-11/h1-3,5-7H,4,8-10H2,(H,15,16). The Morgan fingerprint density at radius 3 is 2.82 bits per heavy atom. The minimum absolute atomic E-state index is 0.527. The predicted molar refractivity (Wildman–Crippen MR) is 63.5 cm³/mol. The number of benzene rings is 1. The van der Waals surface area contributed by atoms with E-state index in [9.17, 15) is 4.79 Å². The number of carbonyl (C=O) groups is 1. The van der Waals surface area contributed by atoms with E-state index in [0.29, 0.717) is 12.3 Å². The van der Waals surface area contributed by atoms with Crippen LogP contribution in [-0.4, -0.2) is 29.3 Å². The van der Waals surface area contributed by atoms with Gasteiger partial charge in [-0.3, -0.25) is 4.90 Å². The van der Waals surface area contributed by atoms with E-state index in [2.05, 4.69) is 17.0 Å². The molecule has 4 nitrogen and oxygen atoms in total. The van der Waals surface area contributed by atoms with Gasteiger partial charge in [0.1, 0.15) is 5.76 Å². The van der Waals surface area contributed by atoms with E-state index in [4.69, 9.17) is 9.84 Å². The Bertz CT molecular complexity index is 414. The van der Waals surface area contributed by atoms with Crippen LogP contribution >= 0.6 is 0 Å². The van der Waals surface area contributed by atoms with Gasteiger partial charge in [-0.25, -0.2) is 4.79 Å². The van der Waals surface area contributed by atoms with E-state index in [1.165, 1.54) is 5.56 Å². The monoisotopic (exact) mass is 233 g/mol. The van der Waals surface area contributed by atoms with Crippen molar-refractivity contribution in [2.45, 2.75) is 13.0 Å². The van der Waals surface area contributed by atoms with Crippen molar-refractivity contribution in [2.24, 2.45) is 0 Å². The van der Waals surface area contributed by atoms with Crippen LogP contribution in [0.3, 0.4) is 0 Å². The van der Waals surface area contributed by atoms with Gasteiger partial charge in [-0.15, -0.1) is 0 Å². The maximum atomic E-state index is 10.5. The minimum atomic E-state index is -1.24. The van der Waals surface area contributed by atoms with Crippen LogP contribution in [-0.2, 0) is 11.3 Å². The van der Waals surface area contributed by atoms with Crippen LogP contribution in [0, 0.1) is 0 Å². The molecule has 1 aromatic carbocycles. The number of hydrogen-bond acceptors (Lipinski definition) is 3. The van der Waals surface area contributed by atoms with Crippen LogP contribution in [0.15, 0.2) is 42.2 Å². The van der Waals surface area contributed by atoms with Crippen molar-refractivity contribution in [3.8, 4) is 0 Å². The first kappa shape index (κ1) is 11.7. The second-order valence-electron chi connectivity index (χ2n) is 4.02. The van der Waals surface area contributed by atoms with Gasteiger partial charge in [0.2, 0.25) is 0 Å². The van der Waals surface area contributed by atoms with Gasteiger partial charge in [-0.2, -0.15) is 0 Å². The first-order valence-electron chi connectivity index (χ1n) is 5.60. The average Bonchev–Trinajstić information content (AvgIpc) is 2.30. The van der Waals surface area contributed by atoms with Gasteiger partial charge in [-0.1, -0.05) is 30.3 Å². The van der Waals surface area contributed by atoms with Crippen LogP contribution in [0.25, 0.3) is 0 Å². The van der Waals surface area contributed by atoms with Gasteiger partial charge >= 0.3 is 6.16 Å². The van der Waals surface area contributed by atoms with Crippen LogP contribution in [0.5, 0.6) is 0 Å². The fourth-order valence-electron chi connectivity index (χ4n) is 1.93. The Kier molecular flexibility index (Phi) is 3.77. The molecule has 0 atom stereocenters. The van der Waals surface area contributed by atoms with E-state index >= 15 is 0 Å². The first-order chi connectivity index (χ1) is 8.24. The topological polar surface area (TPSA) is 49.8 Å². The summed E-state index contributed by atoms with van der Waals surface area (Å²) in [6, 6.07) is 10.1. The summed E-state index contributed by atoms with van der Waals surface area (Å²) in [7, 11) is 0. The summed E-state index contributed by atoms with van der Waals surface area (Å²) in [4.78, 5) is 12.6. The molecule has 0 aliphatic carbocycles. The molecule has 1 aliphatic rings. The van der Waals surface area contributed by atoms with Crippen molar-refractivity contribution in [3.63, 3.8) is 0 Å². The fraction of sp³-hybridized carbons (Fsp3) is 0.308. The third kappa shape index (κ3) is 3.60. The van der Waals surface area contributed by atoms with Crippen molar-refractivity contribution < 1.29 is 14.6 Å². The molecule has 0 bridgehead atoms. The van der Waals surface area contributed by atoms with Crippen molar-refractivity contribution in [1.82, 2.24) is 4.90 Å². The Hall–Kier alpha value is -1.81. The van der Waals surface area contributed by atoms with Crippen molar-refractivity contribution >= 4 is 6.16 Å². The summed E-state index contributed by atoms with van der Waals surface area (Å²) in [5, 5.41) is 8.56. The molecule has 1 aromatic rings. The average molecular weight is 233 g/mol. The zero-order valence-electron chi connectivity index (χ0n) is 9.50. The van der Waals surface area contributed by atoms with Gasteiger partial charge in [0.15, 0.2) is 0 Å². The SMILES string of the molecule is O=C(O)OC1=CCCN(Cc2ccccc2)C1. The zero-order valence-corrected chi connectivity index (χ0v) is 9.50. The van der Waals surface area contributed by atoms with Crippen molar-refractivity contribution in [3.05, 3.63) is 47.7 Å². The number of ether oxygens (including phenoxy) is 1. The Balaban J connectivity index is 1.92. The van der Waals surface area contributed by atoms with Crippen LogP contribution < -0.4 is 0 Å². The molecular weight excluding hydrogens is 218 g/mol. The first-order valence-corrected chi connectivity index (χ1v) is 5.60. The highest BCUT2D eigenvalue weighted by Crippen LogP contribution is 2.14. The Morgan fingerprint density at radius 1 is 1.35 bits per heavy atom. The molecule has 1 heterocycles. The molecule has 0 saturated heterocycles. The van der Waals surface area contributed by atoms with E-state index in [-0.39, 0.29) is 0 Å². The molecule has 17 heavy (non-hydrogen) atoms. The molecule has 90 valence electrons. The number of hydrogen-bond donors (Lipinski definition) is 1. The molecule has 2 rings (SSSR count). The maximum absolute atomic E-state index is 10.5. The number of nitrogens with zero attached hydrogens (tertiary/aromatic N) is 1. The molecule has 4 heteroatoms. The highest BCUT2D eigenvalue weighted by atomic mass is 16.7. The third-order valence-corrected chi connectivity index (χ3v) is 2.66. The quantitative estimate of drug-likeness (QED) is 0.815. The summed E-state index contributed by atoms with van der Waals surface area (Å²) in [5.41, 5.74) is 1.23. The van der Waals surface area contributed by atoms with E-state index < -0.39 is 6.16 Å². The highest BCUT2D eigenvalue weighted by Gasteiger charge is 2.15. The lowest BCUT2D eigenvalue weighted by atomic mass is 10.1. The molecule has 0 radical (unpaired) electrons. The summed E-state index contributed by atoms with van der Waals surface area (Å²) in [6.07, 6.45) is 1.43. The van der Waals surface area contributed by atoms with Crippen LogP contribution in [0.1, 0.15) is 12.0 Å². The third-order valence-electron chi connectivity index (χ3n) is 2.66. The van der Waals surface area contributed by atoms with Gasteiger partial charge < -0.3 is 9.84 Å². The minimum Gasteiger partial charge on any atom is -0.449 e. The lowest BCUT2D eigenvalue weighted by Gasteiger charge is -2.26. The predicted octanol–water partition coefficient (Wildman–Crippen LogP) is 2.47. The lowest BCUT2D eigenvalue weighted by molar-refractivity contribution is 0.106. The van der Waals surface area contributed by atoms with Gasteiger partial charge in [0, 0.05) is 13.1 Å².